The van der Waals surface area contributed by atoms with Gasteiger partial charge in [0, 0.05) is 23.3 Å². The van der Waals surface area contributed by atoms with Crippen LogP contribution in [0.2, 0.25) is 0 Å². The maximum absolute atomic E-state index is 13.0. The number of hydrogen-bond donors (Lipinski definition) is 3. The highest BCUT2D eigenvalue weighted by Gasteiger charge is 2.26. The SMILES string of the molecule is N#Cc1c[nH]c(C(=O)NCC(NC(=O)Cc2cc3c(cc2Br)OCCO3)C2CCCCC2)c1. The second-order valence-corrected chi connectivity index (χ2v) is 9.31. The minimum atomic E-state index is -0.291. The topological polar surface area (TPSA) is 116 Å². The van der Waals surface area contributed by atoms with Crippen molar-refractivity contribution >= 4 is 27.7 Å². The lowest BCUT2D eigenvalue weighted by molar-refractivity contribution is -0.121. The van der Waals surface area contributed by atoms with Crippen molar-refractivity contribution in [3.05, 3.63) is 45.7 Å². The summed E-state index contributed by atoms with van der Waals surface area (Å²) < 4.78 is 12.0. The van der Waals surface area contributed by atoms with Crippen LogP contribution < -0.4 is 20.1 Å². The zero-order valence-corrected chi connectivity index (χ0v) is 19.9. The standard InChI is InChI=1S/C24H27BrN4O4/c25-18-11-22-21(32-6-7-33-22)9-17(18)10-23(30)29-20(16-4-2-1-3-5-16)14-28-24(31)19-8-15(12-26)13-27-19/h8-9,11,13,16,20,27H,1-7,10,14H2,(H,28,31)(H,29,30). The molecule has 1 unspecified atom stereocenters. The van der Waals surface area contributed by atoms with Gasteiger partial charge in [-0.15, -0.1) is 0 Å². The maximum Gasteiger partial charge on any atom is 0.267 e. The monoisotopic (exact) mass is 514 g/mol. The van der Waals surface area contributed by atoms with E-state index in [9.17, 15) is 9.59 Å². The predicted molar refractivity (Wildman–Crippen MR) is 125 cm³/mol. The van der Waals surface area contributed by atoms with Gasteiger partial charge in [0.2, 0.25) is 5.91 Å². The first-order valence-electron chi connectivity index (χ1n) is 11.3. The Bertz CT molecular complexity index is 1060. The molecule has 2 aromatic rings. The molecule has 1 aromatic carbocycles. The van der Waals surface area contributed by atoms with Crippen LogP contribution >= 0.6 is 15.9 Å². The van der Waals surface area contributed by atoms with Gasteiger partial charge in [0.15, 0.2) is 11.5 Å². The molecule has 4 rings (SSSR count). The number of hydrogen-bond acceptors (Lipinski definition) is 5. The van der Waals surface area contributed by atoms with Crippen molar-refractivity contribution in [2.45, 2.75) is 44.6 Å². The van der Waals surface area contributed by atoms with E-state index in [-0.39, 0.29) is 24.3 Å². The molecule has 0 spiro atoms. The van der Waals surface area contributed by atoms with Crippen LogP contribution in [-0.2, 0) is 11.2 Å². The third kappa shape index (κ3) is 5.88. The normalized spacial score (nSPS) is 16.5. The predicted octanol–water partition coefficient (Wildman–Crippen LogP) is 3.46. The number of nitriles is 1. The van der Waals surface area contributed by atoms with Gasteiger partial charge in [-0.2, -0.15) is 5.26 Å². The van der Waals surface area contributed by atoms with E-state index in [1.54, 1.807) is 0 Å². The number of ether oxygens (including phenoxy) is 2. The summed E-state index contributed by atoms with van der Waals surface area (Å²) in [6.45, 7) is 1.33. The third-order valence-corrected chi connectivity index (χ3v) is 6.90. The number of aromatic nitrogens is 1. The maximum atomic E-state index is 13.0. The van der Waals surface area contributed by atoms with Crippen molar-refractivity contribution in [1.82, 2.24) is 15.6 Å². The van der Waals surface area contributed by atoms with Gasteiger partial charge in [-0.3, -0.25) is 9.59 Å². The van der Waals surface area contributed by atoms with Gasteiger partial charge in [0.05, 0.1) is 12.0 Å². The molecule has 2 amide bonds. The average Bonchev–Trinajstić information content (AvgIpc) is 3.32. The van der Waals surface area contributed by atoms with E-state index in [0.29, 0.717) is 48.4 Å². The number of halogens is 1. The van der Waals surface area contributed by atoms with Crippen molar-refractivity contribution in [1.29, 1.82) is 5.26 Å². The molecule has 2 aliphatic rings. The second-order valence-electron chi connectivity index (χ2n) is 8.46. The number of rotatable bonds is 7. The van der Waals surface area contributed by atoms with Crippen LogP contribution in [0.1, 0.15) is 53.7 Å². The van der Waals surface area contributed by atoms with Gasteiger partial charge in [-0.05, 0) is 42.5 Å². The molecule has 1 aliphatic carbocycles. The number of fused-ring (bicyclic) bond motifs is 1. The molecule has 9 heteroatoms. The lowest BCUT2D eigenvalue weighted by Gasteiger charge is -2.31. The van der Waals surface area contributed by atoms with Crippen LogP contribution in [0.5, 0.6) is 11.5 Å². The molecule has 1 aromatic heterocycles. The van der Waals surface area contributed by atoms with Gasteiger partial charge in [0.25, 0.3) is 5.91 Å². The summed E-state index contributed by atoms with van der Waals surface area (Å²) in [5.74, 6) is 1.23. The zero-order valence-electron chi connectivity index (χ0n) is 18.3. The Kier molecular flexibility index (Phi) is 7.55. The number of amides is 2. The Morgan fingerprint density at radius 3 is 2.58 bits per heavy atom. The Morgan fingerprint density at radius 2 is 1.88 bits per heavy atom. The van der Waals surface area contributed by atoms with Crippen LogP contribution in [-0.4, -0.2) is 42.6 Å². The lowest BCUT2D eigenvalue weighted by Crippen LogP contribution is -2.49. The number of nitrogens with zero attached hydrogens (tertiary/aromatic N) is 1. The van der Waals surface area contributed by atoms with E-state index in [1.807, 2.05) is 18.2 Å². The molecule has 174 valence electrons. The van der Waals surface area contributed by atoms with Crippen LogP contribution in [0.15, 0.2) is 28.9 Å². The molecule has 0 radical (unpaired) electrons. The van der Waals surface area contributed by atoms with Crippen LogP contribution in [0.4, 0.5) is 0 Å². The Labute approximate surface area is 201 Å². The largest absolute Gasteiger partial charge is 0.486 e. The molecule has 2 heterocycles. The highest BCUT2D eigenvalue weighted by molar-refractivity contribution is 9.10. The summed E-state index contributed by atoms with van der Waals surface area (Å²) in [6, 6.07) is 7.03. The molecule has 0 saturated heterocycles. The quantitative estimate of drug-likeness (QED) is 0.523. The van der Waals surface area contributed by atoms with E-state index >= 15 is 0 Å². The molecular formula is C24H27BrN4O4. The van der Waals surface area contributed by atoms with Gasteiger partial charge in [0.1, 0.15) is 25.0 Å². The van der Waals surface area contributed by atoms with E-state index in [4.69, 9.17) is 14.7 Å². The Balaban J connectivity index is 1.41. The highest BCUT2D eigenvalue weighted by atomic mass is 79.9. The van der Waals surface area contributed by atoms with Crippen molar-refractivity contribution in [3.63, 3.8) is 0 Å². The molecule has 1 fully saturated rings. The fourth-order valence-electron chi connectivity index (χ4n) is 4.43. The Morgan fingerprint density at radius 1 is 1.15 bits per heavy atom. The first-order chi connectivity index (χ1) is 16.0. The van der Waals surface area contributed by atoms with Crippen molar-refractivity contribution in [2.75, 3.05) is 19.8 Å². The molecule has 0 bridgehead atoms. The highest BCUT2D eigenvalue weighted by Crippen LogP contribution is 2.35. The second kappa shape index (κ2) is 10.8. The summed E-state index contributed by atoms with van der Waals surface area (Å²) in [4.78, 5) is 28.3. The minimum Gasteiger partial charge on any atom is -0.486 e. The molecule has 1 saturated carbocycles. The average molecular weight is 515 g/mol. The molecule has 1 atom stereocenters. The summed E-state index contributed by atoms with van der Waals surface area (Å²) in [6.07, 6.45) is 7.19. The number of aromatic amines is 1. The molecule has 33 heavy (non-hydrogen) atoms. The first-order valence-corrected chi connectivity index (χ1v) is 12.1. The summed E-state index contributed by atoms with van der Waals surface area (Å²) in [5, 5.41) is 15.0. The van der Waals surface area contributed by atoms with Crippen molar-refractivity contribution in [3.8, 4) is 17.6 Å². The summed E-state index contributed by atoms with van der Waals surface area (Å²) in [5.41, 5.74) is 1.56. The lowest BCUT2D eigenvalue weighted by atomic mass is 9.83. The van der Waals surface area contributed by atoms with E-state index < -0.39 is 0 Å². The fourth-order valence-corrected chi connectivity index (χ4v) is 4.89. The number of carbonyl (C=O) groups excluding carboxylic acids is 2. The van der Waals surface area contributed by atoms with Gasteiger partial charge < -0.3 is 25.1 Å². The molecule has 8 nitrogen and oxygen atoms in total. The zero-order chi connectivity index (χ0) is 23.2. The van der Waals surface area contributed by atoms with E-state index in [1.165, 1.54) is 18.7 Å². The first kappa shape index (κ1) is 23.2. The van der Waals surface area contributed by atoms with Crippen molar-refractivity contribution in [2.24, 2.45) is 5.92 Å². The number of carbonyl (C=O) groups is 2. The number of nitrogens with one attached hydrogen (secondary N) is 3. The smallest absolute Gasteiger partial charge is 0.267 e. The van der Waals surface area contributed by atoms with Crippen molar-refractivity contribution < 1.29 is 19.1 Å². The van der Waals surface area contributed by atoms with Crippen LogP contribution in [0.3, 0.4) is 0 Å². The fraction of sp³-hybridized carbons (Fsp3) is 0.458. The van der Waals surface area contributed by atoms with Crippen LogP contribution in [0, 0.1) is 17.2 Å². The number of benzene rings is 1. The Hall–Kier alpha value is -2.99. The minimum absolute atomic E-state index is 0.108. The van der Waals surface area contributed by atoms with Crippen LogP contribution in [0.25, 0.3) is 0 Å². The number of H-pyrrole nitrogens is 1. The van der Waals surface area contributed by atoms with E-state index in [0.717, 1.165) is 35.7 Å². The molecular weight excluding hydrogens is 488 g/mol. The summed E-state index contributed by atoms with van der Waals surface area (Å²) >= 11 is 3.53. The third-order valence-electron chi connectivity index (χ3n) is 6.17. The van der Waals surface area contributed by atoms with Gasteiger partial charge in [-0.1, -0.05) is 35.2 Å². The molecule has 1 aliphatic heterocycles. The summed E-state index contributed by atoms with van der Waals surface area (Å²) in [7, 11) is 0. The van der Waals surface area contributed by atoms with Gasteiger partial charge in [-0.25, -0.2) is 0 Å². The molecule has 3 N–H and O–H groups in total. The van der Waals surface area contributed by atoms with Gasteiger partial charge >= 0.3 is 0 Å². The van der Waals surface area contributed by atoms with E-state index in [2.05, 4.69) is 31.5 Å².